The molecule has 23 heavy (non-hydrogen) atoms. The zero-order chi connectivity index (χ0) is 15.9. The molecule has 1 aliphatic rings. The Bertz CT molecular complexity index is 528. The number of ether oxygens (including phenoxy) is 2. The molecule has 8 nitrogen and oxygen atoms in total. The lowest BCUT2D eigenvalue weighted by atomic mass is 10.2. The first-order valence-electron chi connectivity index (χ1n) is 7.18. The van der Waals surface area contributed by atoms with Gasteiger partial charge >= 0.3 is 5.97 Å². The van der Waals surface area contributed by atoms with Crippen LogP contribution in [0.15, 0.2) is 0 Å². The summed E-state index contributed by atoms with van der Waals surface area (Å²) in [5.74, 6) is -0.459. The Balaban J connectivity index is 0.00000264. The van der Waals surface area contributed by atoms with Gasteiger partial charge in [-0.25, -0.2) is 0 Å². The van der Waals surface area contributed by atoms with Crippen LogP contribution in [0.2, 0.25) is 0 Å². The Hall–Kier alpha value is -1.29. The van der Waals surface area contributed by atoms with Crippen molar-refractivity contribution in [3.63, 3.8) is 0 Å². The molecule has 1 aromatic heterocycles. The van der Waals surface area contributed by atoms with Crippen molar-refractivity contribution in [2.45, 2.75) is 44.3 Å². The van der Waals surface area contributed by atoms with Gasteiger partial charge < -0.3 is 15.2 Å². The predicted molar refractivity (Wildman–Crippen MR) is 87.7 cm³/mol. The molecule has 2 atom stereocenters. The second-order valence-electron chi connectivity index (χ2n) is 4.98. The van der Waals surface area contributed by atoms with Gasteiger partial charge in [0, 0.05) is 19.4 Å². The van der Waals surface area contributed by atoms with E-state index >= 15 is 0 Å². The summed E-state index contributed by atoms with van der Waals surface area (Å²) in [6.45, 7) is 0.424. The molecule has 0 unspecified atom stereocenters. The Labute approximate surface area is 144 Å². The lowest BCUT2D eigenvalue weighted by molar-refractivity contribution is -0.140. The second kappa shape index (κ2) is 9.76. The van der Waals surface area contributed by atoms with Crippen LogP contribution in [0.25, 0.3) is 0 Å². The molecule has 130 valence electrons. The number of anilines is 1. The van der Waals surface area contributed by atoms with Gasteiger partial charge in [-0.15, -0.1) is 22.6 Å². The Kier molecular flexibility index (Phi) is 8.38. The first-order valence-corrected chi connectivity index (χ1v) is 7.99. The average Bonchev–Trinajstić information content (AvgIpc) is 3.16. The Morgan fingerprint density at radius 3 is 2.87 bits per heavy atom. The molecule has 1 saturated heterocycles. The van der Waals surface area contributed by atoms with Crippen molar-refractivity contribution >= 4 is 40.8 Å². The SMILES string of the molecule is COC(=O)CCCc1nnc(NC(=O)[C@@H]2CC[C@H](CN)O2)s1.Cl. The molecule has 2 heterocycles. The summed E-state index contributed by atoms with van der Waals surface area (Å²) in [5, 5.41) is 11.8. The number of hydrogen-bond acceptors (Lipinski definition) is 8. The number of aryl methyl sites for hydroxylation is 1. The molecule has 0 saturated carbocycles. The van der Waals surface area contributed by atoms with Crippen LogP contribution >= 0.6 is 23.7 Å². The van der Waals surface area contributed by atoms with Gasteiger partial charge in [-0.1, -0.05) is 11.3 Å². The quantitative estimate of drug-likeness (QED) is 0.690. The predicted octanol–water partition coefficient (Wildman–Crippen LogP) is 0.900. The van der Waals surface area contributed by atoms with E-state index in [2.05, 4.69) is 20.3 Å². The molecule has 0 radical (unpaired) electrons. The van der Waals surface area contributed by atoms with Crippen LogP contribution in [-0.4, -0.2) is 47.9 Å². The Morgan fingerprint density at radius 1 is 1.43 bits per heavy atom. The number of nitrogens with two attached hydrogens (primary N) is 1. The summed E-state index contributed by atoms with van der Waals surface area (Å²) in [4.78, 5) is 23.0. The van der Waals surface area contributed by atoms with Crippen molar-refractivity contribution in [1.29, 1.82) is 0 Å². The molecule has 1 amide bonds. The first-order chi connectivity index (χ1) is 10.6. The van der Waals surface area contributed by atoms with Gasteiger partial charge in [0.15, 0.2) is 0 Å². The molecular formula is C13H21ClN4O4S. The third-order valence-corrected chi connectivity index (χ3v) is 4.26. The number of carbonyl (C=O) groups is 2. The zero-order valence-corrected chi connectivity index (χ0v) is 14.5. The summed E-state index contributed by atoms with van der Waals surface area (Å²) in [6, 6.07) is 0. The number of methoxy groups -OCH3 is 1. The lowest BCUT2D eigenvalue weighted by Crippen LogP contribution is -2.29. The summed E-state index contributed by atoms with van der Waals surface area (Å²) in [7, 11) is 1.36. The second-order valence-corrected chi connectivity index (χ2v) is 6.04. The Morgan fingerprint density at radius 2 is 2.22 bits per heavy atom. The maximum Gasteiger partial charge on any atom is 0.305 e. The molecule has 1 aromatic rings. The van der Waals surface area contributed by atoms with E-state index in [0.29, 0.717) is 37.4 Å². The summed E-state index contributed by atoms with van der Waals surface area (Å²) in [6.07, 6.45) is 2.55. The first kappa shape index (κ1) is 19.8. The third-order valence-electron chi connectivity index (χ3n) is 3.36. The molecule has 0 aromatic carbocycles. The van der Waals surface area contributed by atoms with Crippen LogP contribution in [0.3, 0.4) is 0 Å². The smallest absolute Gasteiger partial charge is 0.305 e. The van der Waals surface area contributed by atoms with Crippen LogP contribution in [0, 0.1) is 0 Å². The maximum absolute atomic E-state index is 12.0. The summed E-state index contributed by atoms with van der Waals surface area (Å²) < 4.78 is 10.1. The number of aromatic nitrogens is 2. The highest BCUT2D eigenvalue weighted by molar-refractivity contribution is 7.15. The van der Waals surface area contributed by atoms with Crippen LogP contribution < -0.4 is 11.1 Å². The number of hydrogen-bond donors (Lipinski definition) is 2. The standard InChI is InChI=1S/C13H20N4O4S.ClH/c1-20-11(18)4-2-3-10-16-17-13(22-10)15-12(19)9-6-5-8(7-14)21-9;/h8-9H,2-7,14H2,1H3,(H,15,17,19);1H/t8-,9+;/m1./s1. The summed E-state index contributed by atoms with van der Waals surface area (Å²) in [5.41, 5.74) is 5.52. The maximum atomic E-state index is 12.0. The summed E-state index contributed by atoms with van der Waals surface area (Å²) >= 11 is 1.30. The molecule has 0 aliphatic carbocycles. The van der Waals surface area contributed by atoms with Gasteiger partial charge in [0.05, 0.1) is 13.2 Å². The number of rotatable bonds is 7. The van der Waals surface area contributed by atoms with E-state index in [0.717, 1.165) is 11.4 Å². The zero-order valence-electron chi connectivity index (χ0n) is 12.8. The fraction of sp³-hybridized carbons (Fsp3) is 0.692. The molecule has 2 rings (SSSR count). The largest absolute Gasteiger partial charge is 0.469 e. The van der Waals surface area contributed by atoms with Crippen LogP contribution in [-0.2, 0) is 25.5 Å². The molecule has 3 N–H and O–H groups in total. The van der Waals surface area contributed by atoms with E-state index in [-0.39, 0.29) is 30.4 Å². The number of nitrogens with one attached hydrogen (secondary N) is 1. The molecule has 0 bridgehead atoms. The minimum absolute atomic E-state index is 0. The van der Waals surface area contributed by atoms with E-state index in [4.69, 9.17) is 10.5 Å². The van der Waals surface area contributed by atoms with Gasteiger partial charge in [0.1, 0.15) is 11.1 Å². The van der Waals surface area contributed by atoms with E-state index in [1.807, 2.05) is 0 Å². The van der Waals surface area contributed by atoms with Crippen molar-refractivity contribution in [2.75, 3.05) is 19.0 Å². The number of halogens is 1. The van der Waals surface area contributed by atoms with E-state index in [1.54, 1.807) is 0 Å². The van der Waals surface area contributed by atoms with E-state index in [9.17, 15) is 9.59 Å². The average molecular weight is 365 g/mol. The molecule has 10 heteroatoms. The van der Waals surface area contributed by atoms with Gasteiger partial charge in [0.25, 0.3) is 5.91 Å². The normalized spacial score (nSPS) is 19.9. The molecule has 0 spiro atoms. The van der Waals surface area contributed by atoms with Crippen molar-refractivity contribution in [1.82, 2.24) is 10.2 Å². The minimum atomic E-state index is -0.472. The highest BCUT2D eigenvalue weighted by Gasteiger charge is 2.30. The van der Waals surface area contributed by atoms with Gasteiger partial charge in [0.2, 0.25) is 5.13 Å². The van der Waals surface area contributed by atoms with Crippen LogP contribution in [0.1, 0.15) is 30.7 Å². The number of amides is 1. The number of carbonyl (C=O) groups excluding carboxylic acids is 2. The highest BCUT2D eigenvalue weighted by atomic mass is 35.5. The van der Waals surface area contributed by atoms with Crippen molar-refractivity contribution in [3.05, 3.63) is 5.01 Å². The lowest BCUT2D eigenvalue weighted by Gasteiger charge is -2.10. The third kappa shape index (κ3) is 6.02. The van der Waals surface area contributed by atoms with Gasteiger partial charge in [-0.05, 0) is 19.3 Å². The van der Waals surface area contributed by atoms with Crippen LogP contribution in [0.4, 0.5) is 5.13 Å². The monoisotopic (exact) mass is 364 g/mol. The number of nitrogens with zero attached hydrogens (tertiary/aromatic N) is 2. The molecule has 1 aliphatic heterocycles. The number of esters is 1. The minimum Gasteiger partial charge on any atom is -0.469 e. The molecule has 1 fully saturated rings. The van der Waals surface area contributed by atoms with E-state index in [1.165, 1.54) is 18.4 Å². The molecular weight excluding hydrogens is 344 g/mol. The van der Waals surface area contributed by atoms with Gasteiger partial charge in [-0.3, -0.25) is 14.9 Å². The fourth-order valence-electron chi connectivity index (χ4n) is 2.15. The highest BCUT2D eigenvalue weighted by Crippen LogP contribution is 2.22. The van der Waals surface area contributed by atoms with Crippen molar-refractivity contribution in [3.8, 4) is 0 Å². The van der Waals surface area contributed by atoms with Gasteiger partial charge in [-0.2, -0.15) is 0 Å². The van der Waals surface area contributed by atoms with E-state index < -0.39 is 6.10 Å². The van der Waals surface area contributed by atoms with Crippen molar-refractivity contribution in [2.24, 2.45) is 5.73 Å². The van der Waals surface area contributed by atoms with Crippen molar-refractivity contribution < 1.29 is 19.1 Å². The topological polar surface area (TPSA) is 116 Å². The van der Waals surface area contributed by atoms with Crippen LogP contribution in [0.5, 0.6) is 0 Å². The fourth-order valence-corrected chi connectivity index (χ4v) is 2.93.